The minimum absolute atomic E-state index is 0.192. The summed E-state index contributed by atoms with van der Waals surface area (Å²) in [6.07, 6.45) is 5.05. The van der Waals surface area contributed by atoms with E-state index in [4.69, 9.17) is 0 Å². The largest absolute Gasteiger partial charge is 0.382 e. The van der Waals surface area contributed by atoms with Crippen molar-refractivity contribution >= 4 is 21.6 Å². The van der Waals surface area contributed by atoms with Crippen molar-refractivity contribution in [3.05, 3.63) is 28.2 Å². The SMILES string of the molecule is CC1CCCC(CNc2ccc(Br)cc2C#N)(N(C)C)C1. The van der Waals surface area contributed by atoms with Gasteiger partial charge in [-0.3, -0.25) is 0 Å². The second kappa shape index (κ2) is 6.81. The molecule has 0 bridgehead atoms. The Morgan fingerprint density at radius 2 is 2.24 bits per heavy atom. The summed E-state index contributed by atoms with van der Waals surface area (Å²) in [7, 11) is 4.35. The standard InChI is InChI=1S/C17H24BrN3/c1-13-5-4-8-17(10-13,21(2)3)12-20-16-7-6-15(18)9-14(16)11-19/h6-7,9,13,20H,4-5,8,10,12H2,1-3H3. The van der Waals surface area contributed by atoms with E-state index in [1.807, 2.05) is 18.2 Å². The normalized spacial score (nSPS) is 25.6. The third-order valence-corrected chi connectivity index (χ3v) is 5.22. The monoisotopic (exact) mass is 349 g/mol. The smallest absolute Gasteiger partial charge is 0.101 e. The number of hydrogen-bond donors (Lipinski definition) is 1. The van der Waals surface area contributed by atoms with Crippen molar-refractivity contribution in [3.63, 3.8) is 0 Å². The summed E-state index contributed by atoms with van der Waals surface area (Å²) in [6.45, 7) is 3.23. The molecule has 0 heterocycles. The van der Waals surface area contributed by atoms with Gasteiger partial charge in [0.25, 0.3) is 0 Å². The van der Waals surface area contributed by atoms with E-state index in [0.717, 1.165) is 22.6 Å². The number of anilines is 1. The molecule has 1 saturated carbocycles. The van der Waals surface area contributed by atoms with E-state index in [2.05, 4.69) is 53.2 Å². The van der Waals surface area contributed by atoms with E-state index in [0.29, 0.717) is 5.56 Å². The Kier molecular flexibility index (Phi) is 5.29. The lowest BCUT2D eigenvalue weighted by molar-refractivity contribution is 0.0882. The number of nitrogens with zero attached hydrogens (tertiary/aromatic N) is 2. The van der Waals surface area contributed by atoms with E-state index in [1.54, 1.807) is 0 Å². The van der Waals surface area contributed by atoms with Crippen LogP contribution in [0.2, 0.25) is 0 Å². The topological polar surface area (TPSA) is 39.1 Å². The summed E-state index contributed by atoms with van der Waals surface area (Å²) in [5.74, 6) is 0.767. The van der Waals surface area contributed by atoms with Crippen molar-refractivity contribution in [1.29, 1.82) is 5.26 Å². The maximum Gasteiger partial charge on any atom is 0.101 e. The average molecular weight is 350 g/mol. The first-order valence-electron chi connectivity index (χ1n) is 7.58. The number of halogens is 1. The molecular weight excluding hydrogens is 326 g/mol. The van der Waals surface area contributed by atoms with Crippen LogP contribution in [0.3, 0.4) is 0 Å². The molecule has 1 aliphatic rings. The van der Waals surface area contributed by atoms with Crippen LogP contribution in [0.5, 0.6) is 0 Å². The number of hydrogen-bond acceptors (Lipinski definition) is 3. The molecule has 114 valence electrons. The lowest BCUT2D eigenvalue weighted by Gasteiger charge is -2.45. The number of likely N-dealkylation sites (N-methyl/N-ethyl adjacent to an activating group) is 1. The zero-order chi connectivity index (χ0) is 15.5. The fourth-order valence-electron chi connectivity index (χ4n) is 3.38. The van der Waals surface area contributed by atoms with Crippen molar-refractivity contribution < 1.29 is 0 Å². The highest BCUT2D eigenvalue weighted by Crippen LogP contribution is 2.36. The molecule has 0 radical (unpaired) electrons. The van der Waals surface area contributed by atoms with Crippen molar-refractivity contribution in [2.45, 2.75) is 38.1 Å². The molecule has 0 amide bonds. The second-order valence-corrected chi connectivity index (χ2v) is 7.39. The van der Waals surface area contributed by atoms with Gasteiger partial charge < -0.3 is 10.2 Å². The molecular formula is C17H24BrN3. The molecule has 1 aromatic rings. The van der Waals surface area contributed by atoms with Crippen LogP contribution in [0.15, 0.2) is 22.7 Å². The molecule has 0 saturated heterocycles. The highest BCUT2D eigenvalue weighted by molar-refractivity contribution is 9.10. The van der Waals surface area contributed by atoms with Crippen LogP contribution in [0.25, 0.3) is 0 Å². The number of benzene rings is 1. The van der Waals surface area contributed by atoms with Gasteiger partial charge in [0.15, 0.2) is 0 Å². The first kappa shape index (κ1) is 16.3. The Labute approximate surface area is 136 Å². The van der Waals surface area contributed by atoms with Crippen molar-refractivity contribution in [2.24, 2.45) is 5.92 Å². The Bertz CT molecular complexity index is 535. The quantitative estimate of drug-likeness (QED) is 0.883. The molecule has 21 heavy (non-hydrogen) atoms. The first-order chi connectivity index (χ1) is 9.97. The van der Waals surface area contributed by atoms with Crippen LogP contribution in [-0.4, -0.2) is 31.1 Å². The molecule has 4 heteroatoms. The van der Waals surface area contributed by atoms with Gasteiger partial charge in [0.1, 0.15) is 6.07 Å². The highest BCUT2D eigenvalue weighted by Gasteiger charge is 2.36. The number of nitrogens with one attached hydrogen (secondary N) is 1. The fraction of sp³-hybridized carbons (Fsp3) is 0.588. The molecule has 2 atom stereocenters. The third kappa shape index (κ3) is 3.78. The average Bonchev–Trinajstić information content (AvgIpc) is 2.45. The van der Waals surface area contributed by atoms with Crippen LogP contribution in [0, 0.1) is 17.2 Å². The van der Waals surface area contributed by atoms with Crippen molar-refractivity contribution in [3.8, 4) is 6.07 Å². The summed E-state index contributed by atoms with van der Waals surface area (Å²) in [5, 5.41) is 12.8. The molecule has 1 aliphatic carbocycles. The minimum atomic E-state index is 0.192. The van der Waals surface area contributed by atoms with Crippen LogP contribution < -0.4 is 5.32 Å². The first-order valence-corrected chi connectivity index (χ1v) is 8.37. The highest BCUT2D eigenvalue weighted by atomic mass is 79.9. The lowest BCUT2D eigenvalue weighted by atomic mass is 9.75. The molecule has 1 aromatic carbocycles. The minimum Gasteiger partial charge on any atom is -0.382 e. The van der Waals surface area contributed by atoms with E-state index in [1.165, 1.54) is 25.7 Å². The third-order valence-electron chi connectivity index (χ3n) is 4.73. The Morgan fingerprint density at radius 1 is 1.48 bits per heavy atom. The summed E-state index contributed by atoms with van der Waals surface area (Å²) < 4.78 is 0.943. The van der Waals surface area contributed by atoms with Crippen molar-refractivity contribution in [1.82, 2.24) is 4.90 Å². The molecule has 1 N–H and O–H groups in total. The Balaban J connectivity index is 2.15. The van der Waals surface area contributed by atoms with Gasteiger partial charge in [0, 0.05) is 16.6 Å². The molecule has 2 rings (SSSR count). The van der Waals surface area contributed by atoms with Crippen LogP contribution in [-0.2, 0) is 0 Å². The fourth-order valence-corrected chi connectivity index (χ4v) is 3.74. The second-order valence-electron chi connectivity index (χ2n) is 6.48. The zero-order valence-electron chi connectivity index (χ0n) is 13.1. The van der Waals surface area contributed by atoms with Crippen molar-refractivity contribution in [2.75, 3.05) is 26.0 Å². The van der Waals surface area contributed by atoms with E-state index < -0.39 is 0 Å². The maximum absolute atomic E-state index is 9.27. The van der Waals surface area contributed by atoms with Crippen LogP contribution in [0.4, 0.5) is 5.69 Å². The van der Waals surface area contributed by atoms with Gasteiger partial charge in [0.05, 0.1) is 11.3 Å². The number of nitriles is 1. The van der Waals surface area contributed by atoms with Crippen LogP contribution >= 0.6 is 15.9 Å². The summed E-state index contributed by atoms with van der Waals surface area (Å²) in [5.41, 5.74) is 1.82. The Morgan fingerprint density at radius 3 is 2.86 bits per heavy atom. The van der Waals surface area contributed by atoms with E-state index in [-0.39, 0.29) is 5.54 Å². The zero-order valence-corrected chi connectivity index (χ0v) is 14.7. The summed E-state index contributed by atoms with van der Waals surface area (Å²) in [4.78, 5) is 2.36. The molecule has 3 nitrogen and oxygen atoms in total. The lowest BCUT2D eigenvalue weighted by Crippen LogP contribution is -2.52. The van der Waals surface area contributed by atoms with E-state index in [9.17, 15) is 5.26 Å². The Hall–Kier alpha value is -1.05. The van der Waals surface area contributed by atoms with Gasteiger partial charge in [-0.2, -0.15) is 5.26 Å². The van der Waals surface area contributed by atoms with E-state index >= 15 is 0 Å². The van der Waals surface area contributed by atoms with Gasteiger partial charge in [-0.15, -0.1) is 0 Å². The molecule has 2 unspecified atom stereocenters. The van der Waals surface area contributed by atoms with Gasteiger partial charge in [-0.1, -0.05) is 35.7 Å². The summed E-state index contributed by atoms with van der Waals surface area (Å²) >= 11 is 3.42. The molecule has 0 aliphatic heterocycles. The van der Waals surface area contributed by atoms with Gasteiger partial charge in [-0.05, 0) is 51.1 Å². The maximum atomic E-state index is 9.27. The molecule has 0 aromatic heterocycles. The molecule has 0 spiro atoms. The number of rotatable bonds is 4. The molecule has 1 fully saturated rings. The summed E-state index contributed by atoms with van der Waals surface area (Å²) in [6, 6.07) is 8.10. The predicted octanol–water partition coefficient (Wildman–Crippen LogP) is 4.24. The van der Waals surface area contributed by atoms with Gasteiger partial charge in [0.2, 0.25) is 0 Å². The van der Waals surface area contributed by atoms with Gasteiger partial charge in [-0.25, -0.2) is 0 Å². The van der Waals surface area contributed by atoms with Crippen LogP contribution in [0.1, 0.15) is 38.2 Å². The van der Waals surface area contributed by atoms with Gasteiger partial charge >= 0.3 is 0 Å². The predicted molar refractivity (Wildman–Crippen MR) is 91.4 cm³/mol.